The van der Waals surface area contributed by atoms with E-state index in [-0.39, 0.29) is 24.5 Å². The van der Waals surface area contributed by atoms with Crippen molar-refractivity contribution in [3.05, 3.63) is 83.8 Å². The minimum absolute atomic E-state index is 0.0632. The second-order valence-corrected chi connectivity index (χ2v) is 7.40. The Bertz CT molecular complexity index is 1020. The fourth-order valence-electron chi connectivity index (χ4n) is 3.23. The first kappa shape index (κ1) is 19.8. The Labute approximate surface area is 175 Å². The Morgan fingerprint density at radius 1 is 1.07 bits per heavy atom. The van der Waals surface area contributed by atoms with Crippen LogP contribution in [0.25, 0.3) is 0 Å². The van der Waals surface area contributed by atoms with E-state index in [1.807, 2.05) is 42.2 Å². The van der Waals surface area contributed by atoms with Gasteiger partial charge in [0.15, 0.2) is 6.61 Å². The van der Waals surface area contributed by atoms with E-state index < -0.39 is 0 Å². The van der Waals surface area contributed by atoms with Gasteiger partial charge in [0.05, 0.1) is 6.54 Å². The molecule has 154 valence electrons. The van der Waals surface area contributed by atoms with Crippen molar-refractivity contribution in [2.75, 3.05) is 11.9 Å². The molecule has 0 atom stereocenters. The van der Waals surface area contributed by atoms with Crippen molar-refractivity contribution in [1.29, 1.82) is 0 Å². The Balaban J connectivity index is 1.35. The number of hydrogen-bond donors (Lipinski definition) is 1. The summed E-state index contributed by atoms with van der Waals surface area (Å²) in [7, 11) is 0. The van der Waals surface area contributed by atoms with Gasteiger partial charge in [0.25, 0.3) is 11.8 Å². The van der Waals surface area contributed by atoms with Crippen LogP contribution >= 0.6 is 0 Å². The zero-order chi connectivity index (χ0) is 20.9. The molecule has 6 heteroatoms. The highest BCUT2D eigenvalue weighted by molar-refractivity contribution is 6.04. The maximum absolute atomic E-state index is 12.7. The molecule has 0 saturated heterocycles. The molecule has 2 amide bonds. The van der Waals surface area contributed by atoms with E-state index in [1.165, 1.54) is 0 Å². The van der Waals surface area contributed by atoms with Crippen molar-refractivity contribution >= 4 is 17.5 Å². The lowest BCUT2D eigenvalue weighted by Crippen LogP contribution is -2.36. The molecule has 0 aliphatic heterocycles. The molecule has 1 saturated carbocycles. The van der Waals surface area contributed by atoms with Crippen molar-refractivity contribution in [3.8, 4) is 5.75 Å². The average molecular weight is 404 g/mol. The van der Waals surface area contributed by atoms with E-state index in [2.05, 4.69) is 5.32 Å². The Hall–Kier alpha value is -3.54. The minimum atomic E-state index is -0.197. The molecular formula is C24H24N2O4. The largest absolute Gasteiger partial charge is 0.484 e. The van der Waals surface area contributed by atoms with Gasteiger partial charge in [-0.25, -0.2) is 0 Å². The number of rotatable bonds is 8. The van der Waals surface area contributed by atoms with Crippen molar-refractivity contribution in [2.45, 2.75) is 32.4 Å². The Morgan fingerprint density at radius 2 is 1.87 bits per heavy atom. The highest BCUT2D eigenvalue weighted by atomic mass is 16.5. The van der Waals surface area contributed by atoms with E-state index in [1.54, 1.807) is 36.4 Å². The van der Waals surface area contributed by atoms with Crippen LogP contribution in [0.2, 0.25) is 0 Å². The van der Waals surface area contributed by atoms with Gasteiger partial charge in [-0.1, -0.05) is 24.3 Å². The number of furan rings is 1. The van der Waals surface area contributed by atoms with Gasteiger partial charge in [-0.05, 0) is 56.2 Å². The number of aryl methyl sites for hydroxylation is 1. The summed E-state index contributed by atoms with van der Waals surface area (Å²) in [6.45, 7) is 2.28. The fourth-order valence-corrected chi connectivity index (χ4v) is 3.23. The van der Waals surface area contributed by atoms with Crippen molar-refractivity contribution in [1.82, 2.24) is 4.90 Å². The SMILES string of the molecule is Cc1ccc(CN(C(=O)COc2cccc(NC(=O)c3ccccc3)c2)C2CC2)o1. The summed E-state index contributed by atoms with van der Waals surface area (Å²) in [5, 5.41) is 2.85. The molecule has 0 bridgehead atoms. The lowest BCUT2D eigenvalue weighted by Gasteiger charge is -2.21. The molecule has 3 aromatic rings. The zero-order valence-corrected chi connectivity index (χ0v) is 16.8. The van der Waals surface area contributed by atoms with E-state index in [0.717, 1.165) is 24.4 Å². The molecule has 1 aliphatic rings. The maximum Gasteiger partial charge on any atom is 0.261 e. The molecule has 1 aliphatic carbocycles. The van der Waals surface area contributed by atoms with Crippen LogP contribution < -0.4 is 10.1 Å². The van der Waals surface area contributed by atoms with Crippen LogP contribution in [0.15, 0.2) is 71.1 Å². The van der Waals surface area contributed by atoms with Gasteiger partial charge in [0.2, 0.25) is 0 Å². The summed E-state index contributed by atoms with van der Waals surface area (Å²) < 4.78 is 11.3. The smallest absolute Gasteiger partial charge is 0.261 e. The molecule has 1 fully saturated rings. The van der Waals surface area contributed by atoms with Gasteiger partial charge in [-0.15, -0.1) is 0 Å². The molecule has 1 N–H and O–H groups in total. The summed E-state index contributed by atoms with van der Waals surface area (Å²) >= 11 is 0. The Morgan fingerprint density at radius 3 is 2.57 bits per heavy atom. The van der Waals surface area contributed by atoms with Crippen molar-refractivity contribution < 1.29 is 18.7 Å². The third-order valence-electron chi connectivity index (χ3n) is 4.92. The summed E-state index contributed by atoms with van der Waals surface area (Å²) in [4.78, 5) is 26.9. The highest BCUT2D eigenvalue weighted by Gasteiger charge is 2.33. The number of carbonyl (C=O) groups is 2. The number of ether oxygens (including phenoxy) is 1. The van der Waals surface area contributed by atoms with Crippen LogP contribution in [0.5, 0.6) is 5.75 Å². The van der Waals surface area contributed by atoms with Gasteiger partial charge in [-0.3, -0.25) is 9.59 Å². The Kier molecular flexibility index (Phi) is 5.84. The van der Waals surface area contributed by atoms with Crippen LogP contribution in [0.4, 0.5) is 5.69 Å². The molecule has 0 radical (unpaired) electrons. The standard InChI is InChI=1S/C24H24N2O4/c1-17-10-13-22(30-17)15-26(20-11-12-20)23(27)16-29-21-9-5-8-19(14-21)25-24(28)18-6-3-2-4-7-18/h2-10,13-14,20H,11-12,15-16H2,1H3,(H,25,28). The second kappa shape index (κ2) is 8.86. The van der Waals surface area contributed by atoms with Crippen LogP contribution in [0.3, 0.4) is 0 Å². The van der Waals surface area contributed by atoms with E-state index in [9.17, 15) is 9.59 Å². The predicted molar refractivity (Wildman–Crippen MR) is 113 cm³/mol. The molecule has 4 rings (SSSR count). The van der Waals surface area contributed by atoms with Crippen LogP contribution in [0.1, 0.15) is 34.7 Å². The van der Waals surface area contributed by atoms with E-state index in [4.69, 9.17) is 9.15 Å². The number of hydrogen-bond acceptors (Lipinski definition) is 4. The van der Waals surface area contributed by atoms with Crippen molar-refractivity contribution in [3.63, 3.8) is 0 Å². The van der Waals surface area contributed by atoms with Crippen LogP contribution in [-0.4, -0.2) is 29.4 Å². The summed E-state index contributed by atoms with van der Waals surface area (Å²) in [5.74, 6) is 1.86. The number of anilines is 1. The first-order chi connectivity index (χ1) is 14.6. The topological polar surface area (TPSA) is 71.8 Å². The lowest BCUT2D eigenvalue weighted by atomic mass is 10.2. The molecule has 30 heavy (non-hydrogen) atoms. The van der Waals surface area contributed by atoms with Gasteiger partial charge < -0.3 is 19.4 Å². The molecule has 1 aromatic heterocycles. The molecule has 6 nitrogen and oxygen atoms in total. The lowest BCUT2D eigenvalue weighted by molar-refractivity contribution is -0.134. The number of benzene rings is 2. The predicted octanol–water partition coefficient (Wildman–Crippen LogP) is 4.41. The van der Waals surface area contributed by atoms with E-state index in [0.29, 0.717) is 23.5 Å². The quantitative estimate of drug-likeness (QED) is 0.604. The zero-order valence-electron chi connectivity index (χ0n) is 16.8. The number of amides is 2. The molecule has 0 unspecified atom stereocenters. The van der Waals surface area contributed by atoms with Gasteiger partial charge in [-0.2, -0.15) is 0 Å². The number of nitrogens with one attached hydrogen (secondary N) is 1. The van der Waals surface area contributed by atoms with Gasteiger partial charge >= 0.3 is 0 Å². The molecular weight excluding hydrogens is 380 g/mol. The highest BCUT2D eigenvalue weighted by Crippen LogP contribution is 2.29. The third kappa shape index (κ3) is 5.08. The first-order valence-corrected chi connectivity index (χ1v) is 10.0. The van der Waals surface area contributed by atoms with E-state index >= 15 is 0 Å². The minimum Gasteiger partial charge on any atom is -0.484 e. The molecule has 2 aromatic carbocycles. The number of nitrogens with zero attached hydrogens (tertiary/aromatic N) is 1. The molecule has 0 spiro atoms. The maximum atomic E-state index is 12.7. The van der Waals surface area contributed by atoms with Crippen LogP contribution in [-0.2, 0) is 11.3 Å². The molecule has 1 heterocycles. The van der Waals surface area contributed by atoms with Crippen LogP contribution in [0, 0.1) is 6.92 Å². The van der Waals surface area contributed by atoms with Gasteiger partial charge in [0.1, 0.15) is 17.3 Å². The number of carbonyl (C=O) groups excluding carboxylic acids is 2. The fraction of sp³-hybridized carbons (Fsp3) is 0.250. The normalized spacial score (nSPS) is 13.0. The monoisotopic (exact) mass is 404 g/mol. The summed E-state index contributed by atoms with van der Waals surface area (Å²) in [6.07, 6.45) is 2.01. The summed E-state index contributed by atoms with van der Waals surface area (Å²) in [6, 6.07) is 20.1. The second-order valence-electron chi connectivity index (χ2n) is 7.40. The first-order valence-electron chi connectivity index (χ1n) is 10.0. The van der Waals surface area contributed by atoms with Gasteiger partial charge in [0, 0.05) is 23.4 Å². The summed E-state index contributed by atoms with van der Waals surface area (Å²) in [5.41, 5.74) is 1.19. The third-order valence-corrected chi connectivity index (χ3v) is 4.92. The average Bonchev–Trinajstić information content (AvgIpc) is 3.52. The van der Waals surface area contributed by atoms with Crippen molar-refractivity contribution in [2.24, 2.45) is 0 Å².